The molecular formula is C16H22N2O3. The first-order chi connectivity index (χ1) is 10.1. The lowest BCUT2D eigenvalue weighted by Gasteiger charge is -2.19. The van der Waals surface area contributed by atoms with E-state index in [0.717, 1.165) is 5.56 Å². The van der Waals surface area contributed by atoms with Crippen molar-refractivity contribution in [2.24, 2.45) is 11.8 Å². The molecule has 2 rings (SSSR count). The van der Waals surface area contributed by atoms with Crippen LogP contribution in [0.1, 0.15) is 37.8 Å². The highest BCUT2D eigenvalue weighted by atomic mass is 16.4. The fourth-order valence-electron chi connectivity index (χ4n) is 2.39. The third-order valence-corrected chi connectivity index (χ3v) is 3.96. The van der Waals surface area contributed by atoms with Gasteiger partial charge in [-0.05, 0) is 30.2 Å². The number of amides is 2. The molecule has 0 bridgehead atoms. The Kier molecular flexibility index (Phi) is 5.20. The van der Waals surface area contributed by atoms with Crippen molar-refractivity contribution >= 4 is 12.0 Å². The Balaban J connectivity index is 1.88. The largest absolute Gasteiger partial charge is 0.481 e. The summed E-state index contributed by atoms with van der Waals surface area (Å²) in [6.07, 6.45) is 1.58. The van der Waals surface area contributed by atoms with Gasteiger partial charge in [-0.25, -0.2) is 4.79 Å². The lowest BCUT2D eigenvalue weighted by atomic mass is 10.0. The first kappa shape index (κ1) is 15.4. The second-order valence-electron chi connectivity index (χ2n) is 5.72. The van der Waals surface area contributed by atoms with Crippen LogP contribution < -0.4 is 10.6 Å². The molecule has 3 unspecified atom stereocenters. The van der Waals surface area contributed by atoms with E-state index in [0.29, 0.717) is 24.8 Å². The van der Waals surface area contributed by atoms with Crippen LogP contribution in [-0.4, -0.2) is 23.7 Å². The molecule has 0 aliphatic heterocycles. The van der Waals surface area contributed by atoms with Gasteiger partial charge in [0.05, 0.1) is 6.04 Å². The Labute approximate surface area is 124 Å². The van der Waals surface area contributed by atoms with E-state index in [-0.39, 0.29) is 18.5 Å². The van der Waals surface area contributed by atoms with Gasteiger partial charge in [0.2, 0.25) is 0 Å². The van der Waals surface area contributed by atoms with E-state index in [1.54, 1.807) is 0 Å². The van der Waals surface area contributed by atoms with Gasteiger partial charge in [-0.15, -0.1) is 0 Å². The highest BCUT2D eigenvalue weighted by molar-refractivity contribution is 5.74. The van der Waals surface area contributed by atoms with Crippen molar-refractivity contribution in [3.63, 3.8) is 0 Å². The number of carboxylic acids is 1. The number of rotatable bonds is 7. The number of nitrogens with one attached hydrogen (secondary N) is 2. The van der Waals surface area contributed by atoms with Gasteiger partial charge in [0.15, 0.2) is 0 Å². The number of benzene rings is 1. The molecule has 2 amide bonds. The maximum Gasteiger partial charge on any atom is 0.315 e. The summed E-state index contributed by atoms with van der Waals surface area (Å²) in [5.74, 6) is 0.428. The number of hydrogen-bond donors (Lipinski definition) is 3. The standard InChI is InChI=1S/C16H22N2O3/c1-11-9-13(11)10-17-16(21)18-14(7-8-15(19)20)12-5-3-2-4-6-12/h2-6,11,13-14H,7-10H2,1H3,(H,19,20)(H2,17,18,21). The zero-order valence-corrected chi connectivity index (χ0v) is 12.2. The average molecular weight is 290 g/mol. The molecule has 3 N–H and O–H groups in total. The second kappa shape index (κ2) is 7.11. The maximum absolute atomic E-state index is 11.9. The van der Waals surface area contributed by atoms with Crippen LogP contribution >= 0.6 is 0 Å². The second-order valence-corrected chi connectivity index (χ2v) is 5.72. The van der Waals surface area contributed by atoms with Gasteiger partial charge < -0.3 is 15.7 Å². The fourth-order valence-corrected chi connectivity index (χ4v) is 2.39. The van der Waals surface area contributed by atoms with Gasteiger partial charge in [-0.1, -0.05) is 37.3 Å². The topological polar surface area (TPSA) is 78.4 Å². The van der Waals surface area contributed by atoms with Crippen LogP contribution in [0.4, 0.5) is 4.79 Å². The third-order valence-electron chi connectivity index (χ3n) is 3.96. The normalized spacial score (nSPS) is 21.4. The van der Waals surface area contributed by atoms with Crippen molar-refractivity contribution in [1.82, 2.24) is 10.6 Å². The van der Waals surface area contributed by atoms with E-state index in [4.69, 9.17) is 5.11 Å². The zero-order chi connectivity index (χ0) is 15.2. The molecule has 114 valence electrons. The van der Waals surface area contributed by atoms with Crippen molar-refractivity contribution in [2.75, 3.05) is 6.54 Å². The molecule has 0 aromatic heterocycles. The molecule has 5 nitrogen and oxygen atoms in total. The van der Waals surface area contributed by atoms with Crippen LogP contribution in [-0.2, 0) is 4.79 Å². The van der Waals surface area contributed by atoms with E-state index < -0.39 is 5.97 Å². The summed E-state index contributed by atoms with van der Waals surface area (Å²) >= 11 is 0. The zero-order valence-electron chi connectivity index (χ0n) is 12.2. The highest BCUT2D eigenvalue weighted by Crippen LogP contribution is 2.36. The van der Waals surface area contributed by atoms with Gasteiger partial charge in [0.25, 0.3) is 0 Å². The number of carbonyl (C=O) groups is 2. The average Bonchev–Trinajstić information content (AvgIpc) is 3.18. The minimum atomic E-state index is -0.857. The van der Waals surface area contributed by atoms with Crippen molar-refractivity contribution in [1.29, 1.82) is 0 Å². The van der Waals surface area contributed by atoms with Gasteiger partial charge in [-0.3, -0.25) is 4.79 Å². The highest BCUT2D eigenvalue weighted by Gasteiger charge is 2.32. The van der Waals surface area contributed by atoms with E-state index in [1.807, 2.05) is 30.3 Å². The molecular weight excluding hydrogens is 268 g/mol. The lowest BCUT2D eigenvalue weighted by Crippen LogP contribution is -2.39. The summed E-state index contributed by atoms with van der Waals surface area (Å²) in [5, 5.41) is 14.6. The smallest absolute Gasteiger partial charge is 0.315 e. The monoisotopic (exact) mass is 290 g/mol. The van der Waals surface area contributed by atoms with Gasteiger partial charge in [0, 0.05) is 13.0 Å². The van der Waals surface area contributed by atoms with E-state index >= 15 is 0 Å². The quantitative estimate of drug-likeness (QED) is 0.722. The van der Waals surface area contributed by atoms with Crippen molar-refractivity contribution in [2.45, 2.75) is 32.2 Å². The number of carbonyl (C=O) groups excluding carboxylic acids is 1. The molecule has 5 heteroatoms. The molecule has 21 heavy (non-hydrogen) atoms. The van der Waals surface area contributed by atoms with Gasteiger partial charge in [-0.2, -0.15) is 0 Å². The lowest BCUT2D eigenvalue weighted by molar-refractivity contribution is -0.137. The van der Waals surface area contributed by atoms with Crippen LogP contribution in [0.3, 0.4) is 0 Å². The van der Waals surface area contributed by atoms with E-state index in [1.165, 1.54) is 6.42 Å². The fraction of sp³-hybridized carbons (Fsp3) is 0.500. The van der Waals surface area contributed by atoms with Crippen LogP contribution in [0.15, 0.2) is 30.3 Å². The summed E-state index contributed by atoms with van der Waals surface area (Å²) in [5.41, 5.74) is 0.925. The van der Waals surface area contributed by atoms with Crippen LogP contribution in [0, 0.1) is 11.8 Å². The summed E-state index contributed by atoms with van der Waals surface area (Å²) in [4.78, 5) is 22.7. The van der Waals surface area contributed by atoms with E-state index in [9.17, 15) is 9.59 Å². The molecule has 0 radical (unpaired) electrons. The predicted octanol–water partition coefficient (Wildman–Crippen LogP) is 2.55. The molecule has 0 heterocycles. The van der Waals surface area contributed by atoms with Crippen molar-refractivity contribution in [3.05, 3.63) is 35.9 Å². The third kappa shape index (κ3) is 5.10. The van der Waals surface area contributed by atoms with Gasteiger partial charge >= 0.3 is 12.0 Å². The number of carboxylic acid groups (broad SMARTS) is 1. The molecule has 1 aromatic rings. The molecule has 1 saturated carbocycles. The summed E-state index contributed by atoms with van der Waals surface area (Å²) in [6.45, 7) is 2.86. The first-order valence-corrected chi connectivity index (χ1v) is 7.37. The van der Waals surface area contributed by atoms with Crippen LogP contribution in [0.2, 0.25) is 0 Å². The minimum absolute atomic E-state index is 0.0273. The van der Waals surface area contributed by atoms with Crippen LogP contribution in [0.25, 0.3) is 0 Å². The summed E-state index contributed by atoms with van der Waals surface area (Å²) in [7, 11) is 0. The number of urea groups is 1. The Bertz CT molecular complexity index is 490. The first-order valence-electron chi connectivity index (χ1n) is 7.37. The molecule has 1 fully saturated rings. The molecule has 3 atom stereocenters. The SMILES string of the molecule is CC1CC1CNC(=O)NC(CCC(=O)O)c1ccccc1. The van der Waals surface area contributed by atoms with Crippen molar-refractivity contribution < 1.29 is 14.7 Å². The number of aliphatic carboxylic acids is 1. The molecule has 0 saturated heterocycles. The van der Waals surface area contributed by atoms with Crippen molar-refractivity contribution in [3.8, 4) is 0 Å². The molecule has 1 aromatic carbocycles. The summed E-state index contributed by atoms with van der Waals surface area (Å²) < 4.78 is 0. The number of hydrogen-bond acceptors (Lipinski definition) is 2. The molecule has 1 aliphatic rings. The maximum atomic E-state index is 11.9. The summed E-state index contributed by atoms with van der Waals surface area (Å²) in [6, 6.07) is 8.95. The Morgan fingerprint density at radius 2 is 2.00 bits per heavy atom. The Hall–Kier alpha value is -2.04. The predicted molar refractivity (Wildman–Crippen MR) is 79.9 cm³/mol. The van der Waals surface area contributed by atoms with Gasteiger partial charge in [0.1, 0.15) is 0 Å². The minimum Gasteiger partial charge on any atom is -0.481 e. The van der Waals surface area contributed by atoms with E-state index in [2.05, 4.69) is 17.6 Å². The Morgan fingerprint density at radius 1 is 1.33 bits per heavy atom. The Morgan fingerprint density at radius 3 is 2.57 bits per heavy atom. The molecule has 0 spiro atoms. The van der Waals surface area contributed by atoms with Crippen LogP contribution in [0.5, 0.6) is 0 Å². The molecule has 1 aliphatic carbocycles.